The number of hydrogen-bond acceptors (Lipinski definition) is 6. The summed E-state index contributed by atoms with van der Waals surface area (Å²) in [5.41, 5.74) is 2.23. The van der Waals surface area contributed by atoms with E-state index in [1.807, 2.05) is 29.3 Å². The predicted octanol–water partition coefficient (Wildman–Crippen LogP) is 2.85. The van der Waals surface area contributed by atoms with Gasteiger partial charge in [0.05, 0.1) is 18.4 Å². The Kier molecular flexibility index (Phi) is 4.97. The van der Waals surface area contributed by atoms with Crippen molar-refractivity contribution in [1.82, 2.24) is 19.5 Å². The van der Waals surface area contributed by atoms with Crippen molar-refractivity contribution in [3.8, 4) is 0 Å². The number of anilines is 2. The van der Waals surface area contributed by atoms with Gasteiger partial charge in [-0.25, -0.2) is 9.50 Å². The van der Waals surface area contributed by atoms with Gasteiger partial charge >= 0.3 is 0 Å². The van der Waals surface area contributed by atoms with Crippen LogP contribution in [0.15, 0.2) is 36.5 Å². The lowest BCUT2D eigenvalue weighted by atomic mass is 9.93. The second kappa shape index (κ2) is 7.43. The SMILES string of the molecule is CC(C)(C)c1cn2nc(NCC(=O)N3CCN(c4ccccc4)CC3)sc2n1. The molecule has 8 heteroatoms. The maximum atomic E-state index is 12.6. The van der Waals surface area contributed by atoms with Crippen LogP contribution in [-0.2, 0) is 10.2 Å². The van der Waals surface area contributed by atoms with E-state index in [0.717, 1.165) is 42.0 Å². The molecule has 0 bridgehead atoms. The molecule has 2 aromatic heterocycles. The molecule has 0 atom stereocenters. The third-order valence-electron chi connectivity index (χ3n) is 4.96. The molecule has 0 unspecified atom stereocenters. The highest BCUT2D eigenvalue weighted by molar-refractivity contribution is 7.20. The minimum absolute atomic E-state index is 0.00112. The number of rotatable bonds is 4. The average Bonchev–Trinajstić information content (AvgIpc) is 3.26. The summed E-state index contributed by atoms with van der Waals surface area (Å²) in [6, 6.07) is 10.3. The highest BCUT2D eigenvalue weighted by Gasteiger charge is 2.22. The first-order valence-corrected chi connectivity index (χ1v) is 10.4. The molecule has 1 amide bonds. The monoisotopic (exact) mass is 398 g/mol. The summed E-state index contributed by atoms with van der Waals surface area (Å²) >= 11 is 1.47. The van der Waals surface area contributed by atoms with Crippen LogP contribution in [0.2, 0.25) is 0 Å². The number of aromatic nitrogens is 3. The van der Waals surface area contributed by atoms with E-state index in [2.05, 4.69) is 53.2 Å². The van der Waals surface area contributed by atoms with Crippen LogP contribution in [0.5, 0.6) is 0 Å². The number of carbonyl (C=O) groups is 1. The van der Waals surface area contributed by atoms with Crippen LogP contribution in [0.4, 0.5) is 10.8 Å². The molecule has 1 aliphatic rings. The van der Waals surface area contributed by atoms with Crippen LogP contribution >= 0.6 is 11.3 Å². The van der Waals surface area contributed by atoms with Crippen LogP contribution in [0.25, 0.3) is 4.96 Å². The Hall–Kier alpha value is -2.61. The largest absolute Gasteiger partial charge is 0.368 e. The zero-order valence-electron chi connectivity index (χ0n) is 16.6. The van der Waals surface area contributed by atoms with E-state index in [0.29, 0.717) is 0 Å². The summed E-state index contributed by atoms with van der Waals surface area (Å²) < 4.78 is 1.79. The van der Waals surface area contributed by atoms with Crippen molar-refractivity contribution in [2.24, 2.45) is 0 Å². The van der Waals surface area contributed by atoms with Gasteiger partial charge in [0.1, 0.15) is 0 Å². The van der Waals surface area contributed by atoms with Crippen LogP contribution in [-0.4, -0.2) is 58.1 Å². The second-order valence-electron chi connectivity index (χ2n) is 8.07. The Bertz CT molecular complexity index is 919. The number of hydrogen-bond donors (Lipinski definition) is 1. The first-order chi connectivity index (χ1) is 13.4. The molecule has 1 saturated heterocycles. The zero-order chi connectivity index (χ0) is 19.7. The lowest BCUT2D eigenvalue weighted by Crippen LogP contribution is -2.50. The summed E-state index contributed by atoms with van der Waals surface area (Å²) in [6.45, 7) is 9.86. The fraction of sp³-hybridized carbons (Fsp3) is 0.450. The van der Waals surface area contributed by atoms with Crippen molar-refractivity contribution in [1.29, 1.82) is 0 Å². The average molecular weight is 399 g/mol. The summed E-state index contributed by atoms with van der Waals surface area (Å²) in [7, 11) is 0. The number of amides is 1. The van der Waals surface area contributed by atoms with Crippen molar-refractivity contribution >= 4 is 33.0 Å². The molecule has 0 aliphatic carbocycles. The minimum Gasteiger partial charge on any atom is -0.368 e. The molecule has 1 aromatic carbocycles. The molecule has 28 heavy (non-hydrogen) atoms. The normalized spacial score (nSPS) is 15.2. The summed E-state index contributed by atoms with van der Waals surface area (Å²) in [5, 5.41) is 8.38. The highest BCUT2D eigenvalue weighted by Crippen LogP contribution is 2.25. The molecule has 3 aromatic rings. The van der Waals surface area contributed by atoms with E-state index >= 15 is 0 Å². The lowest BCUT2D eigenvalue weighted by molar-refractivity contribution is -0.129. The van der Waals surface area contributed by atoms with Crippen molar-refractivity contribution in [2.75, 3.05) is 42.9 Å². The number of piperazine rings is 1. The molecule has 1 aliphatic heterocycles. The molecule has 7 nitrogen and oxygen atoms in total. The zero-order valence-corrected chi connectivity index (χ0v) is 17.4. The molecule has 148 valence electrons. The number of imidazole rings is 1. The van der Waals surface area contributed by atoms with Crippen molar-refractivity contribution in [3.05, 3.63) is 42.2 Å². The Morgan fingerprint density at radius 2 is 1.86 bits per heavy atom. The first-order valence-electron chi connectivity index (χ1n) is 9.58. The van der Waals surface area contributed by atoms with Crippen molar-refractivity contribution in [3.63, 3.8) is 0 Å². The quantitative estimate of drug-likeness (QED) is 0.732. The topological polar surface area (TPSA) is 65.8 Å². The smallest absolute Gasteiger partial charge is 0.242 e. The van der Waals surface area contributed by atoms with Crippen LogP contribution in [0, 0.1) is 0 Å². The van der Waals surface area contributed by atoms with Crippen molar-refractivity contribution < 1.29 is 4.79 Å². The number of nitrogens with one attached hydrogen (secondary N) is 1. The fourth-order valence-corrected chi connectivity index (χ4v) is 4.03. The molecule has 1 N–H and O–H groups in total. The van der Waals surface area contributed by atoms with E-state index in [1.165, 1.54) is 17.0 Å². The molecule has 0 spiro atoms. The molecule has 0 radical (unpaired) electrons. The van der Waals surface area contributed by atoms with Gasteiger partial charge in [0.15, 0.2) is 0 Å². The second-order valence-corrected chi connectivity index (χ2v) is 9.02. The Morgan fingerprint density at radius 1 is 1.14 bits per heavy atom. The van der Waals surface area contributed by atoms with Gasteiger partial charge in [-0.15, -0.1) is 5.10 Å². The van der Waals surface area contributed by atoms with Gasteiger partial charge in [0.2, 0.25) is 16.0 Å². The van der Waals surface area contributed by atoms with Gasteiger partial charge in [-0.2, -0.15) is 0 Å². The number of para-hydroxylation sites is 1. The number of nitrogens with zero attached hydrogens (tertiary/aromatic N) is 5. The number of benzene rings is 1. The van der Waals surface area contributed by atoms with Gasteiger partial charge in [0, 0.05) is 37.3 Å². The third kappa shape index (κ3) is 3.96. The van der Waals surface area contributed by atoms with E-state index in [1.54, 1.807) is 4.52 Å². The highest BCUT2D eigenvalue weighted by atomic mass is 32.1. The van der Waals surface area contributed by atoms with Gasteiger partial charge < -0.3 is 15.1 Å². The molecule has 4 rings (SSSR count). The van der Waals surface area contributed by atoms with Crippen LogP contribution < -0.4 is 10.2 Å². The van der Waals surface area contributed by atoms with E-state index in [4.69, 9.17) is 0 Å². The third-order valence-corrected chi connectivity index (χ3v) is 5.84. The summed E-state index contributed by atoms with van der Waals surface area (Å²) in [5.74, 6) is 0.107. The lowest BCUT2D eigenvalue weighted by Gasteiger charge is -2.36. The number of fused-ring (bicyclic) bond motifs is 1. The van der Waals surface area contributed by atoms with Gasteiger partial charge in [-0.05, 0) is 12.1 Å². The maximum absolute atomic E-state index is 12.6. The van der Waals surface area contributed by atoms with Crippen LogP contribution in [0.3, 0.4) is 0 Å². The molecule has 0 saturated carbocycles. The van der Waals surface area contributed by atoms with Gasteiger partial charge in [0.25, 0.3) is 0 Å². The van der Waals surface area contributed by atoms with Gasteiger partial charge in [-0.3, -0.25) is 4.79 Å². The molecular formula is C20H26N6OS. The minimum atomic E-state index is -0.00112. The first kappa shape index (κ1) is 18.7. The molecule has 3 heterocycles. The Morgan fingerprint density at radius 3 is 2.50 bits per heavy atom. The Labute approximate surface area is 169 Å². The molecular weight excluding hydrogens is 372 g/mol. The van der Waals surface area contributed by atoms with Crippen LogP contribution in [0.1, 0.15) is 26.5 Å². The molecule has 1 fully saturated rings. The predicted molar refractivity (Wildman–Crippen MR) is 113 cm³/mol. The van der Waals surface area contributed by atoms with E-state index < -0.39 is 0 Å². The number of carbonyl (C=O) groups excluding carboxylic acids is 1. The van der Waals surface area contributed by atoms with E-state index in [9.17, 15) is 4.79 Å². The maximum Gasteiger partial charge on any atom is 0.242 e. The van der Waals surface area contributed by atoms with Gasteiger partial charge in [-0.1, -0.05) is 50.3 Å². The summed E-state index contributed by atoms with van der Waals surface area (Å²) in [4.78, 5) is 22.3. The van der Waals surface area contributed by atoms with Crippen molar-refractivity contribution in [2.45, 2.75) is 26.2 Å². The van der Waals surface area contributed by atoms with E-state index in [-0.39, 0.29) is 17.9 Å². The fourth-order valence-electron chi connectivity index (χ4n) is 3.25. The Balaban J connectivity index is 1.30. The summed E-state index contributed by atoms with van der Waals surface area (Å²) in [6.07, 6.45) is 1.96. The standard InChI is InChI=1S/C20H26N6OS/c1-20(2,3)16-14-26-19(22-16)28-18(23-26)21-13-17(27)25-11-9-24(10-12-25)15-7-5-4-6-8-15/h4-8,14H,9-13H2,1-3H3,(H,21,23).